The molecular weight excluding hydrogens is 262 g/mol. The van der Waals surface area contributed by atoms with Gasteiger partial charge in [-0.3, -0.25) is 4.90 Å². The van der Waals surface area contributed by atoms with E-state index in [0.717, 1.165) is 38.7 Å². The van der Waals surface area contributed by atoms with Crippen LogP contribution in [-0.4, -0.2) is 59.7 Å². The number of hydrogen-bond acceptors (Lipinski definition) is 5. The minimum Gasteiger partial charge on any atom is -0.338 e. The highest BCUT2D eigenvalue weighted by molar-refractivity contribution is 5.29. The van der Waals surface area contributed by atoms with Gasteiger partial charge in [0.2, 0.25) is 5.95 Å². The molecule has 1 aliphatic heterocycles. The van der Waals surface area contributed by atoms with Gasteiger partial charge < -0.3 is 10.2 Å². The number of rotatable bonds is 6. The van der Waals surface area contributed by atoms with E-state index >= 15 is 0 Å². The third-order valence-corrected chi connectivity index (χ3v) is 4.40. The number of nitrogens with one attached hydrogen (secondary N) is 1. The van der Waals surface area contributed by atoms with Gasteiger partial charge >= 0.3 is 0 Å². The molecule has 1 aliphatic rings. The number of piperazine rings is 1. The van der Waals surface area contributed by atoms with Crippen molar-refractivity contribution in [3.63, 3.8) is 0 Å². The number of nitrogens with zero attached hydrogens (tertiary/aromatic N) is 4. The van der Waals surface area contributed by atoms with E-state index < -0.39 is 0 Å². The van der Waals surface area contributed by atoms with Crippen LogP contribution in [0.5, 0.6) is 0 Å². The predicted molar refractivity (Wildman–Crippen MR) is 87.6 cm³/mol. The predicted octanol–water partition coefficient (Wildman–Crippen LogP) is 1.62. The van der Waals surface area contributed by atoms with Crippen LogP contribution in [0.4, 0.5) is 5.95 Å². The molecule has 1 fully saturated rings. The smallest absolute Gasteiger partial charge is 0.225 e. The molecule has 0 aliphatic carbocycles. The first-order chi connectivity index (χ1) is 10.1. The highest BCUT2D eigenvalue weighted by Crippen LogP contribution is 2.15. The first kappa shape index (κ1) is 16.2. The van der Waals surface area contributed by atoms with Crippen molar-refractivity contribution in [3.05, 3.63) is 18.5 Å². The van der Waals surface area contributed by atoms with Gasteiger partial charge in [-0.1, -0.05) is 20.8 Å². The number of hydrogen-bond donors (Lipinski definition) is 1. The van der Waals surface area contributed by atoms with Gasteiger partial charge in [-0.15, -0.1) is 0 Å². The average molecular weight is 291 g/mol. The van der Waals surface area contributed by atoms with Crippen LogP contribution in [0.2, 0.25) is 0 Å². The maximum atomic E-state index is 4.34. The fraction of sp³-hybridized carbons (Fsp3) is 0.750. The number of anilines is 1. The molecule has 0 bridgehead atoms. The third kappa shape index (κ3) is 4.64. The second-order valence-electron chi connectivity index (χ2n) is 6.35. The molecule has 21 heavy (non-hydrogen) atoms. The Hall–Kier alpha value is -1.20. The lowest BCUT2D eigenvalue weighted by atomic mass is 10.0. The Balaban J connectivity index is 1.80. The van der Waals surface area contributed by atoms with Gasteiger partial charge in [0.1, 0.15) is 0 Å². The summed E-state index contributed by atoms with van der Waals surface area (Å²) < 4.78 is 0. The summed E-state index contributed by atoms with van der Waals surface area (Å²) >= 11 is 0. The lowest BCUT2D eigenvalue weighted by molar-refractivity contribution is 0.149. The summed E-state index contributed by atoms with van der Waals surface area (Å²) in [6.45, 7) is 14.4. The Morgan fingerprint density at radius 2 is 1.67 bits per heavy atom. The maximum Gasteiger partial charge on any atom is 0.225 e. The lowest BCUT2D eigenvalue weighted by Gasteiger charge is -2.40. The fourth-order valence-corrected chi connectivity index (χ4v) is 2.74. The van der Waals surface area contributed by atoms with Crippen LogP contribution in [0, 0.1) is 5.92 Å². The zero-order valence-corrected chi connectivity index (χ0v) is 13.8. The molecule has 118 valence electrons. The molecule has 2 unspecified atom stereocenters. The van der Waals surface area contributed by atoms with Crippen LogP contribution < -0.4 is 10.2 Å². The highest BCUT2D eigenvalue weighted by atomic mass is 15.3. The summed E-state index contributed by atoms with van der Waals surface area (Å²) in [6, 6.07) is 3.03. The Morgan fingerprint density at radius 3 is 2.24 bits per heavy atom. The van der Waals surface area contributed by atoms with E-state index in [1.807, 2.05) is 18.5 Å². The van der Waals surface area contributed by atoms with Crippen LogP contribution in [-0.2, 0) is 0 Å². The van der Waals surface area contributed by atoms with Crippen LogP contribution in [0.3, 0.4) is 0 Å². The van der Waals surface area contributed by atoms with Gasteiger partial charge in [0, 0.05) is 50.7 Å². The summed E-state index contributed by atoms with van der Waals surface area (Å²) in [5.74, 6) is 1.52. The standard InChI is InChI=1S/C16H29N5/c1-13(2)19-12-14(3)15(4)20-8-10-21(11-9-20)16-17-6-5-7-18-16/h5-7,13-15,19H,8-12H2,1-4H3. The van der Waals surface area contributed by atoms with Crippen molar-refractivity contribution in [2.45, 2.75) is 39.8 Å². The van der Waals surface area contributed by atoms with Crippen molar-refractivity contribution < 1.29 is 0 Å². The molecule has 1 N–H and O–H groups in total. The minimum absolute atomic E-state index is 0.562. The molecule has 1 aromatic rings. The normalized spacial score (nSPS) is 19.8. The van der Waals surface area contributed by atoms with E-state index in [-0.39, 0.29) is 0 Å². The van der Waals surface area contributed by atoms with Gasteiger partial charge in [0.05, 0.1) is 0 Å². The molecular formula is C16H29N5. The Kier molecular flexibility index (Phi) is 5.94. The monoisotopic (exact) mass is 291 g/mol. The van der Waals surface area contributed by atoms with E-state index in [9.17, 15) is 0 Å². The molecule has 1 aromatic heterocycles. The van der Waals surface area contributed by atoms with E-state index in [2.05, 4.69) is 52.8 Å². The summed E-state index contributed by atoms with van der Waals surface area (Å²) in [5.41, 5.74) is 0. The average Bonchev–Trinajstić information content (AvgIpc) is 2.53. The van der Waals surface area contributed by atoms with E-state index in [1.54, 1.807) is 0 Å². The van der Waals surface area contributed by atoms with Crippen LogP contribution >= 0.6 is 0 Å². The molecule has 1 saturated heterocycles. The second-order valence-corrected chi connectivity index (χ2v) is 6.35. The molecule has 5 heteroatoms. The van der Waals surface area contributed by atoms with E-state index in [1.165, 1.54) is 0 Å². The zero-order valence-electron chi connectivity index (χ0n) is 13.8. The van der Waals surface area contributed by atoms with Gasteiger partial charge in [0.25, 0.3) is 0 Å². The Labute approximate surface area is 128 Å². The minimum atomic E-state index is 0.562. The molecule has 0 amide bonds. The van der Waals surface area contributed by atoms with Crippen LogP contribution in [0.15, 0.2) is 18.5 Å². The molecule has 0 spiro atoms. The molecule has 0 aromatic carbocycles. The molecule has 2 heterocycles. The Bertz CT molecular complexity index is 400. The van der Waals surface area contributed by atoms with Crippen molar-refractivity contribution in [1.82, 2.24) is 20.2 Å². The highest BCUT2D eigenvalue weighted by Gasteiger charge is 2.25. The molecule has 0 radical (unpaired) electrons. The van der Waals surface area contributed by atoms with Crippen LogP contribution in [0.1, 0.15) is 27.7 Å². The van der Waals surface area contributed by atoms with E-state index in [4.69, 9.17) is 0 Å². The Morgan fingerprint density at radius 1 is 1.05 bits per heavy atom. The van der Waals surface area contributed by atoms with Crippen molar-refractivity contribution in [2.75, 3.05) is 37.6 Å². The van der Waals surface area contributed by atoms with Crippen molar-refractivity contribution in [1.29, 1.82) is 0 Å². The largest absolute Gasteiger partial charge is 0.338 e. The summed E-state index contributed by atoms with van der Waals surface area (Å²) in [6.07, 6.45) is 3.63. The van der Waals surface area contributed by atoms with Gasteiger partial charge in [-0.05, 0) is 25.5 Å². The van der Waals surface area contributed by atoms with Crippen molar-refractivity contribution in [2.24, 2.45) is 5.92 Å². The number of aromatic nitrogens is 2. The van der Waals surface area contributed by atoms with E-state index in [0.29, 0.717) is 18.0 Å². The molecule has 2 rings (SSSR count). The summed E-state index contributed by atoms with van der Waals surface area (Å²) in [4.78, 5) is 13.6. The SMILES string of the molecule is CC(C)NCC(C)C(C)N1CCN(c2ncccn2)CC1. The summed E-state index contributed by atoms with van der Waals surface area (Å²) in [5, 5.41) is 3.54. The van der Waals surface area contributed by atoms with Gasteiger partial charge in [0.15, 0.2) is 0 Å². The maximum absolute atomic E-state index is 4.34. The zero-order chi connectivity index (χ0) is 15.2. The molecule has 5 nitrogen and oxygen atoms in total. The second kappa shape index (κ2) is 7.71. The molecule has 0 saturated carbocycles. The molecule has 2 atom stereocenters. The van der Waals surface area contributed by atoms with Gasteiger partial charge in [-0.2, -0.15) is 0 Å². The third-order valence-electron chi connectivity index (χ3n) is 4.40. The first-order valence-electron chi connectivity index (χ1n) is 8.07. The quantitative estimate of drug-likeness (QED) is 0.863. The summed E-state index contributed by atoms with van der Waals surface area (Å²) in [7, 11) is 0. The van der Waals surface area contributed by atoms with Crippen molar-refractivity contribution >= 4 is 5.95 Å². The van der Waals surface area contributed by atoms with Crippen LogP contribution in [0.25, 0.3) is 0 Å². The van der Waals surface area contributed by atoms with Crippen molar-refractivity contribution in [3.8, 4) is 0 Å². The fourth-order valence-electron chi connectivity index (χ4n) is 2.74. The first-order valence-corrected chi connectivity index (χ1v) is 8.07. The topological polar surface area (TPSA) is 44.3 Å². The van der Waals surface area contributed by atoms with Gasteiger partial charge in [-0.25, -0.2) is 9.97 Å². The lowest BCUT2D eigenvalue weighted by Crippen LogP contribution is -2.52.